The first-order chi connectivity index (χ1) is 22.5. The minimum absolute atomic E-state index is 0.00988. The molecule has 1 saturated heterocycles. The van der Waals surface area contributed by atoms with Gasteiger partial charge < -0.3 is 39.6 Å². The first kappa shape index (κ1) is 38.1. The van der Waals surface area contributed by atoms with Crippen LogP contribution in [0, 0.1) is 24.7 Å². The third kappa shape index (κ3) is 12.6. The molecule has 3 amide bonds. The Morgan fingerprint density at radius 1 is 1.04 bits per heavy atom. The lowest BCUT2D eigenvalue weighted by molar-refractivity contribution is -0.144. The zero-order valence-electron chi connectivity index (χ0n) is 27.8. The van der Waals surface area contributed by atoms with Crippen LogP contribution in [0.2, 0.25) is 0 Å². The van der Waals surface area contributed by atoms with Gasteiger partial charge in [0.15, 0.2) is 0 Å². The van der Waals surface area contributed by atoms with Gasteiger partial charge in [-0.2, -0.15) is 0 Å². The van der Waals surface area contributed by atoms with Gasteiger partial charge in [0.1, 0.15) is 18.7 Å². The van der Waals surface area contributed by atoms with Crippen LogP contribution in [0.1, 0.15) is 44.9 Å². The fourth-order valence-corrected chi connectivity index (χ4v) is 5.78. The molecule has 3 atom stereocenters. The van der Waals surface area contributed by atoms with Crippen molar-refractivity contribution in [1.29, 1.82) is 0 Å². The number of terminal acetylenes is 1. The minimum Gasteiger partial charge on any atom is -0.391 e. The lowest BCUT2D eigenvalue weighted by Gasteiger charge is -2.35. The number of benzene rings is 1. The number of aryl methyl sites for hydroxylation is 1. The molecule has 0 radical (unpaired) electrons. The monoisotopic (exact) mass is 672 g/mol. The SMILES string of the molecule is C#CCOCCOCCOCCOCCC(=O)NC(C(=O)N1CC(O)CC1C(=O)NCc1ccc(-c2scnc2C)cc1)C(C)(C)C. The highest BCUT2D eigenvalue weighted by molar-refractivity contribution is 7.13. The maximum absolute atomic E-state index is 13.8. The van der Waals surface area contributed by atoms with E-state index in [0.717, 1.165) is 21.7 Å². The predicted octanol–water partition coefficient (Wildman–Crippen LogP) is 2.32. The average molecular weight is 673 g/mol. The summed E-state index contributed by atoms with van der Waals surface area (Å²) in [7, 11) is 0. The van der Waals surface area contributed by atoms with Gasteiger partial charge in [-0.25, -0.2) is 4.98 Å². The normalized spacial score (nSPS) is 16.9. The number of aliphatic hydroxyl groups is 1. The molecule has 3 N–H and O–H groups in total. The van der Waals surface area contributed by atoms with Crippen molar-refractivity contribution >= 4 is 29.1 Å². The number of carbonyl (C=O) groups is 3. The molecule has 13 heteroatoms. The van der Waals surface area contributed by atoms with Crippen molar-refractivity contribution in [3.05, 3.63) is 41.0 Å². The van der Waals surface area contributed by atoms with Crippen molar-refractivity contribution in [3.8, 4) is 22.8 Å². The Kier molecular flexibility index (Phi) is 15.7. The molecule has 2 aromatic rings. The van der Waals surface area contributed by atoms with Crippen LogP contribution in [0.25, 0.3) is 10.4 Å². The molecule has 3 rings (SSSR count). The Hall–Kier alpha value is -3.38. The van der Waals surface area contributed by atoms with Crippen molar-refractivity contribution in [1.82, 2.24) is 20.5 Å². The quantitative estimate of drug-likeness (QED) is 0.151. The number of thiazole rings is 1. The van der Waals surface area contributed by atoms with Gasteiger partial charge in [0.05, 0.1) is 68.4 Å². The molecule has 0 bridgehead atoms. The lowest BCUT2D eigenvalue weighted by Crippen LogP contribution is -2.57. The molecule has 0 aliphatic carbocycles. The number of β-amino-alcohol motifs (C(OH)–C–C–N with tert-alkyl or cyclic N) is 1. The highest BCUT2D eigenvalue weighted by atomic mass is 32.1. The molecule has 1 fully saturated rings. The van der Waals surface area contributed by atoms with Crippen LogP contribution < -0.4 is 10.6 Å². The van der Waals surface area contributed by atoms with E-state index in [2.05, 4.69) is 21.5 Å². The predicted molar refractivity (Wildman–Crippen MR) is 178 cm³/mol. The Bertz CT molecular complexity index is 1320. The van der Waals surface area contributed by atoms with Crippen LogP contribution in [0.15, 0.2) is 29.8 Å². The number of aliphatic hydroxyl groups excluding tert-OH is 1. The topological polar surface area (TPSA) is 149 Å². The summed E-state index contributed by atoms with van der Waals surface area (Å²) in [6, 6.07) is 6.12. The van der Waals surface area contributed by atoms with Crippen molar-refractivity contribution in [2.75, 3.05) is 59.4 Å². The first-order valence-corrected chi connectivity index (χ1v) is 16.7. The van der Waals surface area contributed by atoms with E-state index in [4.69, 9.17) is 25.4 Å². The summed E-state index contributed by atoms with van der Waals surface area (Å²) < 4.78 is 21.4. The van der Waals surface area contributed by atoms with E-state index in [1.54, 1.807) is 11.3 Å². The van der Waals surface area contributed by atoms with E-state index in [0.29, 0.717) is 39.6 Å². The number of hydrogen-bond donors (Lipinski definition) is 3. The van der Waals surface area contributed by atoms with E-state index in [1.165, 1.54) is 4.90 Å². The fraction of sp³-hybridized carbons (Fsp3) is 0.588. The second-order valence-electron chi connectivity index (χ2n) is 12.3. The van der Waals surface area contributed by atoms with Crippen LogP contribution >= 0.6 is 11.3 Å². The van der Waals surface area contributed by atoms with Gasteiger partial charge in [-0.3, -0.25) is 14.4 Å². The molecule has 1 aliphatic rings. The highest BCUT2D eigenvalue weighted by Gasteiger charge is 2.44. The number of ether oxygens (including phenoxy) is 4. The number of amides is 3. The number of rotatable bonds is 19. The van der Waals surface area contributed by atoms with Crippen molar-refractivity contribution in [2.24, 2.45) is 5.41 Å². The average Bonchev–Trinajstić information content (AvgIpc) is 3.65. The van der Waals surface area contributed by atoms with Gasteiger partial charge in [0.2, 0.25) is 17.7 Å². The van der Waals surface area contributed by atoms with Gasteiger partial charge >= 0.3 is 0 Å². The Morgan fingerprint density at radius 3 is 2.23 bits per heavy atom. The molecule has 0 saturated carbocycles. The maximum atomic E-state index is 13.8. The summed E-state index contributed by atoms with van der Waals surface area (Å²) >= 11 is 1.58. The van der Waals surface area contributed by atoms with Crippen LogP contribution in [0.4, 0.5) is 0 Å². The first-order valence-electron chi connectivity index (χ1n) is 15.8. The molecule has 0 spiro atoms. The molecular weight excluding hydrogens is 624 g/mol. The Morgan fingerprint density at radius 2 is 1.66 bits per heavy atom. The standard InChI is InChI=1S/C34H48N4O8S/c1-6-12-43-14-16-45-18-19-46-17-15-44-13-11-29(40)37-31(34(3,4)5)33(42)38-22-27(39)20-28(38)32(41)35-21-25-7-9-26(10-8-25)30-24(2)36-23-47-30/h1,7-10,23,27-28,31,39H,11-22H2,2-5H3,(H,35,41)(H,37,40). The number of hydrogen-bond acceptors (Lipinski definition) is 10. The largest absolute Gasteiger partial charge is 0.391 e. The second kappa shape index (κ2) is 19.4. The zero-order valence-corrected chi connectivity index (χ0v) is 28.6. The lowest BCUT2D eigenvalue weighted by atomic mass is 9.85. The van der Waals surface area contributed by atoms with Crippen molar-refractivity contribution in [3.63, 3.8) is 0 Å². The molecular formula is C34H48N4O8S. The van der Waals surface area contributed by atoms with Gasteiger partial charge in [0.25, 0.3) is 0 Å². The summed E-state index contributed by atoms with van der Waals surface area (Å²) in [5.74, 6) is 1.27. The second-order valence-corrected chi connectivity index (χ2v) is 13.1. The number of nitrogens with one attached hydrogen (secondary N) is 2. The van der Waals surface area contributed by atoms with Crippen LogP contribution in [-0.2, 0) is 39.9 Å². The van der Waals surface area contributed by atoms with Crippen LogP contribution in [0.3, 0.4) is 0 Å². The van der Waals surface area contributed by atoms with Gasteiger partial charge in [-0.1, -0.05) is 51.0 Å². The van der Waals surface area contributed by atoms with Gasteiger partial charge in [-0.15, -0.1) is 17.8 Å². The maximum Gasteiger partial charge on any atom is 0.246 e. The van der Waals surface area contributed by atoms with Crippen molar-refractivity contribution < 1.29 is 38.4 Å². The fourth-order valence-electron chi connectivity index (χ4n) is 4.97. The third-order valence-corrected chi connectivity index (χ3v) is 8.46. The van der Waals surface area contributed by atoms with Gasteiger partial charge in [0, 0.05) is 25.9 Å². The summed E-state index contributed by atoms with van der Waals surface area (Å²) in [6.07, 6.45) is 4.42. The third-order valence-electron chi connectivity index (χ3n) is 7.49. The van der Waals surface area contributed by atoms with E-state index in [1.807, 2.05) is 57.5 Å². The Balaban J connectivity index is 1.43. The van der Waals surface area contributed by atoms with Crippen molar-refractivity contribution in [2.45, 2.75) is 65.3 Å². The van der Waals surface area contributed by atoms with Gasteiger partial charge in [-0.05, 0) is 23.5 Å². The summed E-state index contributed by atoms with van der Waals surface area (Å²) in [5.41, 5.74) is 4.10. The molecule has 2 heterocycles. The number of nitrogens with zero attached hydrogens (tertiary/aromatic N) is 2. The molecule has 1 aromatic heterocycles. The van der Waals surface area contributed by atoms with E-state index in [-0.39, 0.29) is 51.0 Å². The van der Waals surface area contributed by atoms with Crippen LogP contribution in [-0.4, -0.2) is 110 Å². The number of carbonyl (C=O) groups excluding carboxylic acids is 3. The summed E-state index contributed by atoms with van der Waals surface area (Å²) in [4.78, 5) is 46.6. The molecule has 1 aromatic carbocycles. The smallest absolute Gasteiger partial charge is 0.246 e. The zero-order chi connectivity index (χ0) is 34.2. The van der Waals surface area contributed by atoms with E-state index in [9.17, 15) is 19.5 Å². The molecule has 1 aliphatic heterocycles. The molecule has 3 unspecified atom stereocenters. The number of aromatic nitrogens is 1. The molecule has 47 heavy (non-hydrogen) atoms. The summed E-state index contributed by atoms with van der Waals surface area (Å²) in [5, 5.41) is 16.2. The summed E-state index contributed by atoms with van der Waals surface area (Å²) in [6.45, 7) is 10.5. The Labute approximate surface area is 281 Å². The highest BCUT2D eigenvalue weighted by Crippen LogP contribution is 2.28. The molecule has 258 valence electrons. The molecule has 12 nitrogen and oxygen atoms in total. The number of likely N-dealkylation sites (tertiary alicyclic amines) is 1. The van der Waals surface area contributed by atoms with Crippen LogP contribution in [0.5, 0.6) is 0 Å². The minimum atomic E-state index is -0.904. The van der Waals surface area contributed by atoms with E-state index >= 15 is 0 Å². The van der Waals surface area contributed by atoms with E-state index < -0.39 is 29.5 Å².